The highest BCUT2D eigenvalue weighted by Crippen LogP contribution is 2.68. The van der Waals surface area contributed by atoms with Gasteiger partial charge in [0.2, 0.25) is 0 Å². The molecule has 3 fully saturated rings. The number of hydrogen-bond acceptors (Lipinski definition) is 6. The molecule has 2 heterocycles. The molecular formula is C20H19ClN2O4S2. The first-order valence-electron chi connectivity index (χ1n) is 9.27. The van der Waals surface area contributed by atoms with E-state index in [-0.39, 0.29) is 28.4 Å². The third-order valence-corrected chi connectivity index (χ3v) is 9.14. The summed E-state index contributed by atoms with van der Waals surface area (Å²) in [6.07, 6.45) is 3.71. The van der Waals surface area contributed by atoms with Gasteiger partial charge in [-0.25, -0.2) is 13.4 Å². The minimum absolute atomic E-state index is 0.0442. The van der Waals surface area contributed by atoms with E-state index < -0.39 is 15.1 Å². The Balaban J connectivity index is 1.27. The average Bonchev–Trinajstić information content (AvgIpc) is 3.21. The van der Waals surface area contributed by atoms with Crippen LogP contribution >= 0.6 is 22.9 Å². The molecule has 2 aromatic heterocycles. The maximum absolute atomic E-state index is 12.6. The number of aromatic nitrogens is 1. The van der Waals surface area contributed by atoms with Crippen LogP contribution in [0.5, 0.6) is 0 Å². The third-order valence-electron chi connectivity index (χ3n) is 6.11. The van der Waals surface area contributed by atoms with Crippen molar-refractivity contribution in [2.45, 2.75) is 42.4 Å². The number of nitrogens with zero attached hydrogens (tertiary/aromatic N) is 1. The highest BCUT2D eigenvalue weighted by molar-refractivity contribution is 7.90. The van der Waals surface area contributed by atoms with Crippen molar-refractivity contribution >= 4 is 48.9 Å². The summed E-state index contributed by atoms with van der Waals surface area (Å²) < 4.78 is 30.0. The Bertz CT molecular complexity index is 1240. The smallest absolute Gasteiger partial charge is 0.287 e. The lowest BCUT2D eigenvalue weighted by molar-refractivity contribution is -0.0811. The maximum Gasteiger partial charge on any atom is 0.287 e. The first-order valence-corrected chi connectivity index (χ1v) is 12.4. The molecule has 3 aliphatic carbocycles. The molecule has 1 atom stereocenters. The minimum Gasteiger partial charge on any atom is -0.455 e. The Morgan fingerprint density at radius 2 is 2.00 bits per heavy atom. The number of rotatable bonds is 5. The van der Waals surface area contributed by atoms with Gasteiger partial charge in [-0.3, -0.25) is 4.79 Å². The summed E-state index contributed by atoms with van der Waals surface area (Å²) in [4.78, 5) is 17.4. The lowest BCUT2D eigenvalue weighted by Crippen LogP contribution is -2.76. The van der Waals surface area contributed by atoms with Crippen LogP contribution in [-0.2, 0) is 15.3 Å². The van der Waals surface area contributed by atoms with Crippen molar-refractivity contribution in [3.8, 4) is 0 Å². The van der Waals surface area contributed by atoms with E-state index in [0.717, 1.165) is 40.7 Å². The molecule has 0 spiro atoms. The Morgan fingerprint density at radius 1 is 1.28 bits per heavy atom. The summed E-state index contributed by atoms with van der Waals surface area (Å²) in [7, 11) is -3.28. The number of thiazole rings is 1. The van der Waals surface area contributed by atoms with Crippen LogP contribution < -0.4 is 5.32 Å². The van der Waals surface area contributed by atoms with Gasteiger partial charge in [0.1, 0.15) is 16.0 Å². The van der Waals surface area contributed by atoms with Gasteiger partial charge < -0.3 is 9.73 Å². The summed E-state index contributed by atoms with van der Waals surface area (Å²) >= 11 is 7.75. The number of fused-ring (bicyclic) bond motifs is 1. The van der Waals surface area contributed by atoms with Crippen molar-refractivity contribution in [2.24, 2.45) is 0 Å². The fourth-order valence-corrected chi connectivity index (χ4v) is 6.33. The normalized spacial score (nSPS) is 26.6. The van der Waals surface area contributed by atoms with Gasteiger partial charge >= 0.3 is 0 Å². The van der Waals surface area contributed by atoms with Gasteiger partial charge in [-0.2, -0.15) is 0 Å². The predicted octanol–water partition coefficient (Wildman–Crippen LogP) is 4.25. The lowest BCUT2D eigenvalue weighted by Gasteiger charge is -2.69. The van der Waals surface area contributed by atoms with E-state index in [1.165, 1.54) is 6.07 Å². The van der Waals surface area contributed by atoms with Crippen molar-refractivity contribution in [3.63, 3.8) is 0 Å². The summed E-state index contributed by atoms with van der Waals surface area (Å²) in [6, 6.07) is 8.83. The van der Waals surface area contributed by atoms with Crippen molar-refractivity contribution in [2.75, 3.05) is 6.26 Å². The van der Waals surface area contributed by atoms with Gasteiger partial charge in [-0.1, -0.05) is 11.6 Å². The van der Waals surface area contributed by atoms with Gasteiger partial charge in [0.05, 0.1) is 10.2 Å². The molecule has 6 rings (SSSR count). The van der Waals surface area contributed by atoms with Crippen LogP contribution in [0.1, 0.15) is 52.8 Å². The van der Waals surface area contributed by atoms with Gasteiger partial charge in [-0.05, 0) is 56.5 Å². The second-order valence-electron chi connectivity index (χ2n) is 8.35. The quantitative estimate of drug-likeness (QED) is 0.627. The van der Waals surface area contributed by atoms with Crippen molar-refractivity contribution < 1.29 is 17.6 Å². The summed E-state index contributed by atoms with van der Waals surface area (Å²) in [5.41, 5.74) is 0.744. The van der Waals surface area contributed by atoms with Crippen LogP contribution in [0.2, 0.25) is 5.02 Å². The van der Waals surface area contributed by atoms with E-state index in [2.05, 4.69) is 5.32 Å². The second-order valence-corrected chi connectivity index (χ2v) is 12.2. The monoisotopic (exact) mass is 450 g/mol. The molecular weight excluding hydrogens is 432 g/mol. The molecule has 29 heavy (non-hydrogen) atoms. The van der Waals surface area contributed by atoms with Crippen LogP contribution in [0.3, 0.4) is 0 Å². The topological polar surface area (TPSA) is 89.3 Å². The number of hydrogen-bond donors (Lipinski definition) is 1. The Morgan fingerprint density at radius 3 is 2.69 bits per heavy atom. The average molecular weight is 451 g/mol. The molecule has 9 heteroatoms. The first-order chi connectivity index (χ1) is 13.6. The van der Waals surface area contributed by atoms with Crippen LogP contribution in [0.25, 0.3) is 10.2 Å². The maximum atomic E-state index is 12.6. The summed E-state index contributed by atoms with van der Waals surface area (Å²) in [6.45, 7) is 1.55. The van der Waals surface area contributed by atoms with Gasteiger partial charge in [0.15, 0.2) is 15.6 Å². The van der Waals surface area contributed by atoms with Gasteiger partial charge in [-0.15, -0.1) is 11.3 Å². The number of amides is 1. The number of sulfone groups is 1. The molecule has 0 saturated heterocycles. The number of nitrogens with one attached hydrogen (secondary N) is 1. The zero-order valence-electron chi connectivity index (χ0n) is 15.9. The molecule has 0 radical (unpaired) electrons. The zero-order chi connectivity index (χ0) is 20.6. The first kappa shape index (κ1) is 19.1. The van der Waals surface area contributed by atoms with Gasteiger partial charge in [0.25, 0.3) is 5.91 Å². The number of carbonyl (C=O) groups is 1. The van der Waals surface area contributed by atoms with Crippen LogP contribution in [-0.4, -0.2) is 31.1 Å². The summed E-state index contributed by atoms with van der Waals surface area (Å²) in [5.74, 6) is 0.116. The molecule has 1 aromatic carbocycles. The third kappa shape index (κ3) is 3.00. The summed E-state index contributed by atoms with van der Waals surface area (Å²) in [5, 5.41) is 4.08. The Kier molecular flexibility index (Phi) is 3.99. The fraction of sp³-hybridized carbons (Fsp3) is 0.400. The number of benzene rings is 1. The van der Waals surface area contributed by atoms with E-state index >= 15 is 0 Å². The fourth-order valence-electron chi connectivity index (χ4n) is 4.48. The predicted molar refractivity (Wildman–Crippen MR) is 112 cm³/mol. The standard InChI is InChI=1S/C20H19ClN2O4S2/c1-11(29(2,25)26)14-4-5-15(27-14)17(24)23-20-8-19(9-20,10-20)18-22-13-7-12(21)3-6-16(13)28-18/h3-7,11H,8-10H2,1-2H3,(H,23,24). The van der Waals surface area contributed by atoms with Crippen LogP contribution in [0.4, 0.5) is 0 Å². The minimum atomic E-state index is -3.28. The molecule has 6 nitrogen and oxygen atoms in total. The SMILES string of the molecule is CC(c1ccc(C(=O)NC23CC(c4nc5cc(Cl)ccc5s4)(C2)C3)o1)S(C)(=O)=O. The lowest BCUT2D eigenvalue weighted by atomic mass is 9.39. The van der Waals surface area contributed by atoms with E-state index in [0.29, 0.717) is 5.02 Å². The molecule has 1 N–H and O–H groups in total. The van der Waals surface area contributed by atoms with Crippen LogP contribution in [0.15, 0.2) is 34.7 Å². The molecule has 1 unspecified atom stereocenters. The van der Waals surface area contributed by atoms with E-state index in [4.69, 9.17) is 21.0 Å². The van der Waals surface area contributed by atoms with E-state index in [9.17, 15) is 13.2 Å². The van der Waals surface area contributed by atoms with Crippen molar-refractivity contribution in [1.29, 1.82) is 0 Å². The Labute approximate surface area is 177 Å². The number of furan rings is 1. The van der Waals surface area contributed by atoms with Crippen LogP contribution in [0, 0.1) is 0 Å². The van der Waals surface area contributed by atoms with Crippen molar-refractivity contribution in [3.05, 3.63) is 51.9 Å². The van der Waals surface area contributed by atoms with Crippen molar-refractivity contribution in [1.82, 2.24) is 10.3 Å². The largest absolute Gasteiger partial charge is 0.455 e. The molecule has 3 saturated carbocycles. The highest BCUT2D eigenvalue weighted by Gasteiger charge is 2.70. The second kappa shape index (κ2) is 6.06. The number of carbonyl (C=O) groups excluding carboxylic acids is 1. The molecule has 0 aliphatic heterocycles. The highest BCUT2D eigenvalue weighted by atomic mass is 35.5. The van der Waals surface area contributed by atoms with Gasteiger partial charge in [0, 0.05) is 22.2 Å². The Hall–Kier alpha value is -1.90. The molecule has 1 amide bonds. The number of halogens is 1. The molecule has 2 bridgehead atoms. The molecule has 152 valence electrons. The molecule has 3 aliphatic rings. The molecule has 3 aromatic rings. The zero-order valence-corrected chi connectivity index (χ0v) is 18.2. The van der Waals surface area contributed by atoms with E-state index in [1.54, 1.807) is 24.3 Å². The van der Waals surface area contributed by atoms with E-state index in [1.807, 2.05) is 18.2 Å².